The lowest BCUT2D eigenvalue weighted by Gasteiger charge is -2.11. The van der Waals surface area contributed by atoms with Crippen molar-refractivity contribution >= 4 is 29.0 Å². The summed E-state index contributed by atoms with van der Waals surface area (Å²) in [5.74, 6) is 0.373. The van der Waals surface area contributed by atoms with Crippen molar-refractivity contribution in [2.24, 2.45) is 0 Å². The van der Waals surface area contributed by atoms with Crippen LogP contribution in [0.3, 0.4) is 0 Å². The van der Waals surface area contributed by atoms with Crippen LogP contribution >= 0.6 is 11.6 Å². The molecule has 0 aliphatic heterocycles. The number of nitrogens with one attached hydrogen (secondary N) is 2. The summed E-state index contributed by atoms with van der Waals surface area (Å²) in [4.78, 5) is 21.7. The van der Waals surface area contributed by atoms with E-state index in [2.05, 4.69) is 38.8 Å². The molecule has 1 aliphatic carbocycles. The summed E-state index contributed by atoms with van der Waals surface area (Å²) in [5.41, 5.74) is 6.71. The second kappa shape index (κ2) is 8.20. The van der Waals surface area contributed by atoms with Gasteiger partial charge in [0, 0.05) is 11.8 Å². The van der Waals surface area contributed by atoms with Crippen LogP contribution in [0.15, 0.2) is 79.1 Å². The Morgan fingerprint density at radius 2 is 1.81 bits per heavy atom. The van der Waals surface area contributed by atoms with Gasteiger partial charge < -0.3 is 10.6 Å². The largest absolute Gasteiger partial charge is 0.363 e. The Labute approximate surface area is 185 Å². The van der Waals surface area contributed by atoms with E-state index in [0.29, 0.717) is 28.6 Å². The summed E-state index contributed by atoms with van der Waals surface area (Å²) in [5, 5.41) is 6.53. The van der Waals surface area contributed by atoms with Crippen LogP contribution in [0, 0.1) is 0 Å². The normalized spacial score (nSPS) is 11.5. The quantitative estimate of drug-likeness (QED) is 0.385. The van der Waals surface area contributed by atoms with Gasteiger partial charge >= 0.3 is 0 Å². The first-order chi connectivity index (χ1) is 15.2. The molecule has 152 valence electrons. The minimum absolute atomic E-state index is 0.170. The van der Waals surface area contributed by atoms with Gasteiger partial charge in [-0.1, -0.05) is 54.1 Å². The number of hydrogen-bond donors (Lipinski definition) is 2. The number of fused-ring (bicyclic) bond motifs is 3. The topological polar surface area (TPSA) is 66.9 Å². The fourth-order valence-corrected chi connectivity index (χ4v) is 4.11. The summed E-state index contributed by atoms with van der Waals surface area (Å²) in [6.45, 7) is 0.510. The van der Waals surface area contributed by atoms with Crippen LogP contribution in [-0.4, -0.2) is 15.9 Å². The van der Waals surface area contributed by atoms with Crippen molar-refractivity contribution in [2.75, 3.05) is 10.6 Å². The first-order valence-corrected chi connectivity index (χ1v) is 10.4. The molecule has 6 heteroatoms. The van der Waals surface area contributed by atoms with Crippen LogP contribution < -0.4 is 10.6 Å². The highest BCUT2D eigenvalue weighted by molar-refractivity contribution is 6.33. The second-order valence-corrected chi connectivity index (χ2v) is 7.76. The predicted molar refractivity (Wildman–Crippen MR) is 123 cm³/mol. The van der Waals surface area contributed by atoms with Crippen molar-refractivity contribution < 1.29 is 4.79 Å². The van der Waals surface area contributed by atoms with E-state index in [1.54, 1.807) is 18.5 Å². The molecular weight excluding hydrogens is 408 g/mol. The van der Waals surface area contributed by atoms with Crippen molar-refractivity contribution in [1.29, 1.82) is 0 Å². The first kappa shape index (κ1) is 19.3. The number of rotatable bonds is 5. The summed E-state index contributed by atoms with van der Waals surface area (Å²) >= 11 is 6.38. The van der Waals surface area contributed by atoms with Gasteiger partial charge in [0.1, 0.15) is 5.82 Å². The lowest BCUT2D eigenvalue weighted by molar-refractivity contribution is 0.102. The maximum Gasteiger partial charge on any atom is 0.256 e. The van der Waals surface area contributed by atoms with Crippen molar-refractivity contribution in [1.82, 2.24) is 9.97 Å². The molecule has 4 aromatic rings. The Balaban J connectivity index is 1.32. The number of nitrogens with zero attached hydrogens (tertiary/aromatic N) is 2. The third kappa shape index (κ3) is 3.88. The zero-order valence-corrected chi connectivity index (χ0v) is 17.4. The van der Waals surface area contributed by atoms with Gasteiger partial charge in [0.05, 0.1) is 29.1 Å². The van der Waals surface area contributed by atoms with Crippen LogP contribution in [0.2, 0.25) is 5.02 Å². The molecule has 2 aromatic carbocycles. The SMILES string of the molecule is O=C(Nc1cnc(NCc2ccccn2)c(Cl)c1)c1cccc2c1Cc1ccccc1-2. The number of carbonyl (C=O) groups is 1. The minimum Gasteiger partial charge on any atom is -0.363 e. The molecule has 31 heavy (non-hydrogen) atoms. The smallest absolute Gasteiger partial charge is 0.256 e. The minimum atomic E-state index is -0.170. The van der Waals surface area contributed by atoms with Crippen molar-refractivity contribution in [3.63, 3.8) is 0 Å². The van der Waals surface area contributed by atoms with Gasteiger partial charge in [-0.2, -0.15) is 0 Å². The zero-order valence-electron chi connectivity index (χ0n) is 16.6. The second-order valence-electron chi connectivity index (χ2n) is 7.35. The summed E-state index contributed by atoms with van der Waals surface area (Å²) in [6.07, 6.45) is 4.09. The van der Waals surface area contributed by atoms with Gasteiger partial charge in [0.2, 0.25) is 0 Å². The molecule has 0 spiro atoms. The maximum atomic E-state index is 13.0. The van der Waals surface area contributed by atoms with E-state index in [1.807, 2.05) is 42.5 Å². The molecule has 2 N–H and O–H groups in total. The van der Waals surface area contributed by atoms with E-state index in [4.69, 9.17) is 11.6 Å². The summed E-state index contributed by atoms with van der Waals surface area (Å²) in [6, 6.07) is 21.5. The number of carbonyl (C=O) groups excluding carboxylic acids is 1. The highest BCUT2D eigenvalue weighted by Gasteiger charge is 2.23. The average Bonchev–Trinajstić information content (AvgIpc) is 3.18. The number of aromatic nitrogens is 2. The highest BCUT2D eigenvalue weighted by atomic mass is 35.5. The zero-order chi connectivity index (χ0) is 21.2. The standard InChI is InChI=1S/C25H19ClN4O/c26-23-13-18(15-29-24(23)28-14-17-7-3-4-11-27-17)30-25(31)21-10-5-9-20-19-8-2-1-6-16(19)12-22(20)21/h1-11,13,15H,12,14H2,(H,28,29)(H,30,31). The molecule has 1 amide bonds. The average molecular weight is 427 g/mol. The van der Waals surface area contributed by atoms with Crippen LogP contribution in [0.25, 0.3) is 11.1 Å². The van der Waals surface area contributed by atoms with E-state index in [9.17, 15) is 4.79 Å². The molecule has 0 saturated carbocycles. The molecule has 5 nitrogen and oxygen atoms in total. The van der Waals surface area contributed by atoms with E-state index in [1.165, 1.54) is 11.1 Å². The van der Waals surface area contributed by atoms with Crippen LogP contribution in [-0.2, 0) is 13.0 Å². The van der Waals surface area contributed by atoms with E-state index in [0.717, 1.165) is 23.2 Å². The molecule has 2 aromatic heterocycles. The fraction of sp³-hybridized carbons (Fsp3) is 0.0800. The molecule has 0 bridgehead atoms. The summed E-state index contributed by atoms with van der Waals surface area (Å²) < 4.78 is 0. The third-order valence-electron chi connectivity index (χ3n) is 5.36. The Morgan fingerprint density at radius 1 is 0.968 bits per heavy atom. The van der Waals surface area contributed by atoms with E-state index >= 15 is 0 Å². The van der Waals surface area contributed by atoms with Gasteiger partial charge in [0.25, 0.3) is 5.91 Å². The summed E-state index contributed by atoms with van der Waals surface area (Å²) in [7, 11) is 0. The van der Waals surface area contributed by atoms with Crippen LogP contribution in [0.4, 0.5) is 11.5 Å². The molecule has 0 fully saturated rings. The molecule has 5 rings (SSSR count). The monoisotopic (exact) mass is 426 g/mol. The molecule has 2 heterocycles. The number of pyridine rings is 2. The Bertz CT molecular complexity index is 1270. The highest BCUT2D eigenvalue weighted by Crippen LogP contribution is 2.38. The molecule has 0 saturated heterocycles. The molecule has 0 atom stereocenters. The molecule has 0 unspecified atom stereocenters. The van der Waals surface area contributed by atoms with Gasteiger partial charge in [0.15, 0.2) is 0 Å². The van der Waals surface area contributed by atoms with Crippen molar-refractivity contribution in [3.05, 3.63) is 107 Å². The third-order valence-corrected chi connectivity index (χ3v) is 5.65. The Hall–Kier alpha value is -3.70. The molecule has 0 radical (unpaired) electrons. The first-order valence-electron chi connectivity index (χ1n) is 10.00. The molecule has 1 aliphatic rings. The van der Waals surface area contributed by atoms with Gasteiger partial charge in [-0.25, -0.2) is 4.98 Å². The van der Waals surface area contributed by atoms with Gasteiger partial charge in [-0.3, -0.25) is 9.78 Å². The van der Waals surface area contributed by atoms with E-state index < -0.39 is 0 Å². The predicted octanol–water partition coefficient (Wildman–Crippen LogP) is 5.57. The van der Waals surface area contributed by atoms with Gasteiger partial charge in [-0.15, -0.1) is 0 Å². The lowest BCUT2D eigenvalue weighted by atomic mass is 10.0. The maximum absolute atomic E-state index is 13.0. The van der Waals surface area contributed by atoms with E-state index in [-0.39, 0.29) is 5.91 Å². The Kier molecular flexibility index (Phi) is 5.10. The van der Waals surface area contributed by atoms with Crippen molar-refractivity contribution in [3.8, 4) is 11.1 Å². The fourth-order valence-electron chi connectivity index (χ4n) is 3.88. The number of halogens is 1. The van der Waals surface area contributed by atoms with Gasteiger partial charge in [-0.05, 0) is 52.9 Å². The Morgan fingerprint density at radius 3 is 2.65 bits per heavy atom. The molecular formula is C25H19ClN4O. The number of hydrogen-bond acceptors (Lipinski definition) is 4. The van der Waals surface area contributed by atoms with Crippen LogP contribution in [0.1, 0.15) is 27.2 Å². The number of amides is 1. The van der Waals surface area contributed by atoms with Crippen LogP contribution in [0.5, 0.6) is 0 Å². The van der Waals surface area contributed by atoms with Crippen molar-refractivity contribution in [2.45, 2.75) is 13.0 Å². The number of benzene rings is 2. The number of anilines is 2. The lowest BCUT2D eigenvalue weighted by Crippen LogP contribution is -2.14.